The van der Waals surface area contributed by atoms with Gasteiger partial charge in [0.2, 0.25) is 0 Å². The third-order valence-corrected chi connectivity index (χ3v) is 12.3. The Morgan fingerprint density at radius 1 is 0.392 bits per heavy atom. The van der Waals surface area contributed by atoms with Crippen LogP contribution >= 0.6 is 7.82 Å². The molecule has 11 nitrogen and oxygen atoms in total. The number of rotatable bonds is 51. The van der Waals surface area contributed by atoms with Gasteiger partial charge < -0.3 is 24.2 Å². The van der Waals surface area contributed by atoms with Gasteiger partial charge in [-0.15, -0.1) is 0 Å². The molecule has 0 aliphatic carbocycles. The number of esters is 3. The summed E-state index contributed by atoms with van der Waals surface area (Å²) in [6.45, 7) is 4.25. The van der Waals surface area contributed by atoms with E-state index in [0.29, 0.717) is 19.3 Å². The molecule has 2 N–H and O–H groups in total. The molecule has 12 heteroatoms. The topological polar surface area (TPSA) is 155 Å². The van der Waals surface area contributed by atoms with E-state index in [-0.39, 0.29) is 25.9 Å². The first-order valence-electron chi connectivity index (χ1n) is 28.4. The lowest BCUT2D eigenvalue weighted by molar-refractivity contribution is -0.161. The lowest BCUT2D eigenvalue weighted by Gasteiger charge is -2.21. The fraction of sp³-hybridized carbons (Fsp3) is 0.629. The Hall–Kier alpha value is -4.12. The maximum Gasteiger partial charge on any atom is 0.472 e. The number of carbonyl (C=O) groups is 3. The van der Waals surface area contributed by atoms with Crippen molar-refractivity contribution in [2.75, 3.05) is 26.4 Å². The molecule has 0 rings (SSSR count). The van der Waals surface area contributed by atoms with Crippen LogP contribution in [0, 0.1) is 0 Å². The summed E-state index contributed by atoms with van der Waals surface area (Å²) in [7, 11) is -4.78. The number of hydrogen-bond acceptors (Lipinski definition) is 10. The Kier molecular flexibility index (Phi) is 52.1. The average Bonchev–Trinajstić information content (AvgIpc) is 3.39. The standard InChI is InChI=1S/C62H101O11P/c1-4-7-10-13-16-19-22-25-27-28-29-30-32-34-36-39-42-45-48-51-60(64)69-55-59(73-62(66)53-50-47-44-41-38-35-31-26-23-20-17-14-11-8-5-2)57-71-74(67,68)70-56-58(54-63)72-61(65)52-49-46-43-40-37-33-24-21-18-15-12-9-6-3/h7,9-10,12,16-21,25-27,29-31,33,37,43,46,58-59,63H,4-6,8,11,13-15,22-24,28,32,34-36,38-42,44-45,47-57H2,1-3H3,(H,67,68)/b10-7-,12-9-,19-16-,20-17-,21-18-,27-25-,30-29-,31-26-,37-33-,46-43-. The second kappa shape index (κ2) is 55.1. The first kappa shape index (κ1) is 69.9. The zero-order valence-electron chi connectivity index (χ0n) is 46.3. The fourth-order valence-corrected chi connectivity index (χ4v) is 7.88. The smallest absolute Gasteiger partial charge is 0.462 e. The molecular formula is C62H101O11P. The number of aliphatic hydroxyl groups excluding tert-OH is 1. The molecule has 74 heavy (non-hydrogen) atoms. The molecule has 0 aliphatic rings. The summed E-state index contributed by atoms with van der Waals surface area (Å²) in [6.07, 6.45) is 67.4. The minimum Gasteiger partial charge on any atom is -0.462 e. The van der Waals surface area contributed by atoms with Crippen molar-refractivity contribution in [2.24, 2.45) is 0 Å². The maximum atomic E-state index is 12.9. The molecule has 0 saturated heterocycles. The monoisotopic (exact) mass is 1050 g/mol. The number of aliphatic hydroxyl groups is 1. The van der Waals surface area contributed by atoms with Crippen molar-refractivity contribution < 1.29 is 52.2 Å². The van der Waals surface area contributed by atoms with Crippen LogP contribution in [-0.2, 0) is 42.2 Å². The predicted molar refractivity (Wildman–Crippen MR) is 306 cm³/mol. The minimum absolute atomic E-state index is 0.0483. The fourth-order valence-electron chi connectivity index (χ4n) is 7.10. The van der Waals surface area contributed by atoms with Crippen molar-refractivity contribution in [3.8, 4) is 0 Å². The predicted octanol–water partition coefficient (Wildman–Crippen LogP) is 16.8. The highest BCUT2D eigenvalue weighted by Crippen LogP contribution is 2.43. The lowest BCUT2D eigenvalue weighted by Crippen LogP contribution is -2.30. The first-order valence-corrected chi connectivity index (χ1v) is 29.9. The highest BCUT2D eigenvalue weighted by atomic mass is 31.2. The molecule has 0 radical (unpaired) electrons. The van der Waals surface area contributed by atoms with E-state index in [0.717, 1.165) is 135 Å². The molecule has 0 amide bonds. The van der Waals surface area contributed by atoms with Crippen LogP contribution < -0.4 is 0 Å². The second-order valence-electron chi connectivity index (χ2n) is 18.3. The van der Waals surface area contributed by atoms with E-state index in [1.54, 1.807) is 0 Å². The van der Waals surface area contributed by atoms with Crippen molar-refractivity contribution >= 4 is 25.7 Å². The number of phosphoric acid groups is 1. The number of unbranched alkanes of at least 4 members (excludes halogenated alkanes) is 14. The van der Waals surface area contributed by atoms with Crippen LogP contribution in [0.5, 0.6) is 0 Å². The quantitative estimate of drug-likeness (QED) is 0.0197. The van der Waals surface area contributed by atoms with E-state index in [9.17, 15) is 28.9 Å². The molecule has 0 bridgehead atoms. The van der Waals surface area contributed by atoms with Crippen molar-refractivity contribution in [2.45, 2.75) is 226 Å². The molecule has 0 aliphatic heterocycles. The van der Waals surface area contributed by atoms with E-state index in [4.69, 9.17) is 23.3 Å². The van der Waals surface area contributed by atoms with E-state index in [1.807, 2.05) is 18.2 Å². The third-order valence-electron chi connectivity index (χ3n) is 11.4. The van der Waals surface area contributed by atoms with Gasteiger partial charge in [0.25, 0.3) is 0 Å². The van der Waals surface area contributed by atoms with Gasteiger partial charge in [-0.1, -0.05) is 200 Å². The number of allylic oxidation sites excluding steroid dienone is 20. The Balaban J connectivity index is 4.84. The van der Waals surface area contributed by atoms with Gasteiger partial charge in [0.15, 0.2) is 6.10 Å². The zero-order chi connectivity index (χ0) is 54.1. The number of ether oxygens (including phenoxy) is 3. The molecular weight excluding hydrogens is 952 g/mol. The van der Waals surface area contributed by atoms with Gasteiger partial charge >= 0.3 is 25.7 Å². The van der Waals surface area contributed by atoms with Crippen LogP contribution in [0.25, 0.3) is 0 Å². The molecule has 420 valence electrons. The molecule has 0 aromatic carbocycles. The summed E-state index contributed by atoms with van der Waals surface area (Å²) in [6, 6.07) is 0. The van der Waals surface area contributed by atoms with Crippen LogP contribution in [0.2, 0.25) is 0 Å². The minimum atomic E-state index is -4.78. The summed E-state index contributed by atoms with van der Waals surface area (Å²) >= 11 is 0. The van der Waals surface area contributed by atoms with Gasteiger partial charge in [0.05, 0.1) is 19.8 Å². The summed E-state index contributed by atoms with van der Waals surface area (Å²) in [5.74, 6) is -1.60. The SMILES string of the molecule is CC/C=C\C/C=C\C/C=C\C/C=C\CCCCCCCCC(=O)OCC(COP(=O)(O)OCC(CO)OC(=O)CC/C=C\C/C=C\C/C=C\C/C=C\CC)OC(=O)CCCCCCC/C=C\C/C=C\CCCCC. The largest absolute Gasteiger partial charge is 0.472 e. The van der Waals surface area contributed by atoms with Gasteiger partial charge in [0.1, 0.15) is 12.7 Å². The van der Waals surface area contributed by atoms with Crippen LogP contribution in [0.15, 0.2) is 122 Å². The van der Waals surface area contributed by atoms with Gasteiger partial charge in [-0.3, -0.25) is 23.4 Å². The van der Waals surface area contributed by atoms with Crippen LogP contribution in [-0.4, -0.2) is 66.5 Å². The Bertz CT molecular complexity index is 1700. The number of phosphoric ester groups is 1. The first-order chi connectivity index (χ1) is 36.2. The number of hydrogen-bond donors (Lipinski definition) is 2. The van der Waals surface area contributed by atoms with Crippen molar-refractivity contribution in [1.82, 2.24) is 0 Å². The van der Waals surface area contributed by atoms with Crippen LogP contribution in [0.1, 0.15) is 213 Å². The van der Waals surface area contributed by atoms with E-state index < -0.39 is 57.8 Å². The van der Waals surface area contributed by atoms with E-state index in [1.165, 1.54) is 19.3 Å². The average molecular weight is 1050 g/mol. The summed E-state index contributed by atoms with van der Waals surface area (Å²) < 4.78 is 39.4. The summed E-state index contributed by atoms with van der Waals surface area (Å²) in [4.78, 5) is 48.5. The molecule has 3 atom stereocenters. The van der Waals surface area contributed by atoms with Gasteiger partial charge in [0, 0.05) is 19.3 Å². The van der Waals surface area contributed by atoms with Crippen LogP contribution in [0.3, 0.4) is 0 Å². The normalized spacial score (nSPS) is 14.3. The molecule has 0 aromatic heterocycles. The Morgan fingerprint density at radius 2 is 0.730 bits per heavy atom. The molecule has 0 spiro atoms. The van der Waals surface area contributed by atoms with Crippen LogP contribution in [0.4, 0.5) is 0 Å². The van der Waals surface area contributed by atoms with E-state index in [2.05, 4.69) is 124 Å². The zero-order valence-corrected chi connectivity index (χ0v) is 47.2. The van der Waals surface area contributed by atoms with Gasteiger partial charge in [-0.05, 0) is 116 Å². The molecule has 0 aromatic rings. The molecule has 3 unspecified atom stereocenters. The second-order valence-corrected chi connectivity index (χ2v) is 19.8. The lowest BCUT2D eigenvalue weighted by atomic mass is 10.1. The highest BCUT2D eigenvalue weighted by Gasteiger charge is 2.28. The highest BCUT2D eigenvalue weighted by molar-refractivity contribution is 7.47. The summed E-state index contributed by atoms with van der Waals surface area (Å²) in [5, 5.41) is 9.79. The van der Waals surface area contributed by atoms with E-state index >= 15 is 0 Å². The number of carbonyl (C=O) groups excluding carboxylic acids is 3. The maximum absolute atomic E-state index is 12.9. The third kappa shape index (κ3) is 52.7. The van der Waals surface area contributed by atoms with Crippen molar-refractivity contribution in [3.63, 3.8) is 0 Å². The van der Waals surface area contributed by atoms with Gasteiger partial charge in [-0.2, -0.15) is 0 Å². The Labute approximate surface area is 449 Å². The van der Waals surface area contributed by atoms with Crippen molar-refractivity contribution in [3.05, 3.63) is 122 Å². The molecule has 0 fully saturated rings. The molecule has 0 saturated carbocycles. The molecule has 0 heterocycles. The van der Waals surface area contributed by atoms with Gasteiger partial charge in [-0.25, -0.2) is 4.57 Å². The van der Waals surface area contributed by atoms with Crippen molar-refractivity contribution in [1.29, 1.82) is 0 Å². The summed E-state index contributed by atoms with van der Waals surface area (Å²) in [5.41, 5.74) is 0. The Morgan fingerprint density at radius 3 is 1.16 bits per heavy atom.